The Morgan fingerprint density at radius 1 is 0.963 bits per heavy atom. The molecular formula is C23H24O4. The predicted molar refractivity (Wildman–Crippen MR) is 105 cm³/mol. The summed E-state index contributed by atoms with van der Waals surface area (Å²) in [7, 11) is 1.67. The highest BCUT2D eigenvalue weighted by Gasteiger charge is 2.33. The molecule has 1 heterocycles. The highest BCUT2D eigenvalue weighted by atomic mass is 16.6. The fraction of sp³-hybridized carbons (Fsp3) is 0.304. The van der Waals surface area contributed by atoms with Gasteiger partial charge in [0.25, 0.3) is 0 Å². The first kappa shape index (κ1) is 18.0. The zero-order valence-electron chi connectivity index (χ0n) is 15.5. The van der Waals surface area contributed by atoms with Crippen LogP contribution in [0.4, 0.5) is 0 Å². The number of hydrogen-bond donors (Lipinski definition) is 0. The zero-order valence-corrected chi connectivity index (χ0v) is 15.5. The van der Waals surface area contributed by atoms with Gasteiger partial charge in [-0.3, -0.25) is 0 Å². The molecule has 4 nitrogen and oxygen atoms in total. The number of methoxy groups -OCH3 is 1. The molecule has 3 aromatic carbocycles. The average molecular weight is 364 g/mol. The van der Waals surface area contributed by atoms with Gasteiger partial charge in [-0.15, -0.1) is 0 Å². The third-order valence-corrected chi connectivity index (χ3v) is 4.82. The Labute approximate surface area is 159 Å². The van der Waals surface area contributed by atoms with Crippen molar-refractivity contribution in [3.63, 3.8) is 0 Å². The van der Waals surface area contributed by atoms with E-state index in [1.807, 2.05) is 24.3 Å². The highest BCUT2D eigenvalue weighted by molar-refractivity contribution is 5.85. The quantitative estimate of drug-likeness (QED) is 0.529. The van der Waals surface area contributed by atoms with Gasteiger partial charge in [0.1, 0.15) is 18.0 Å². The summed E-state index contributed by atoms with van der Waals surface area (Å²) < 4.78 is 22.7. The highest BCUT2D eigenvalue weighted by Crippen LogP contribution is 2.23. The van der Waals surface area contributed by atoms with Gasteiger partial charge in [0.15, 0.2) is 0 Å². The molecule has 27 heavy (non-hydrogen) atoms. The van der Waals surface area contributed by atoms with Gasteiger partial charge in [0, 0.05) is 0 Å². The second-order valence-electron chi connectivity index (χ2n) is 6.72. The van der Waals surface area contributed by atoms with Crippen molar-refractivity contribution in [1.29, 1.82) is 0 Å². The van der Waals surface area contributed by atoms with Crippen LogP contribution in [0, 0.1) is 0 Å². The van der Waals surface area contributed by atoms with E-state index in [4.69, 9.17) is 18.9 Å². The molecule has 3 aromatic rings. The second kappa shape index (κ2) is 8.53. The maximum Gasteiger partial charge on any atom is 0.118 e. The van der Waals surface area contributed by atoms with Crippen LogP contribution in [0.5, 0.6) is 5.75 Å². The number of epoxide rings is 1. The van der Waals surface area contributed by atoms with Gasteiger partial charge in [-0.2, -0.15) is 0 Å². The van der Waals surface area contributed by atoms with E-state index in [0.717, 1.165) is 17.9 Å². The summed E-state index contributed by atoms with van der Waals surface area (Å²) >= 11 is 0. The van der Waals surface area contributed by atoms with Crippen LogP contribution < -0.4 is 4.74 Å². The van der Waals surface area contributed by atoms with Gasteiger partial charge >= 0.3 is 0 Å². The van der Waals surface area contributed by atoms with E-state index in [1.165, 1.54) is 16.3 Å². The standard InChI is InChI=1S/C23H24O4/c1-24-20-11-9-17(10-12-20)13-25-15-22(23-16-27-23)26-14-19-7-4-6-18-5-2-3-8-21(18)19/h2-12,22-23H,13-16H2,1H3/t22-,23+/m0/s1. The Kier molecular flexibility index (Phi) is 5.68. The lowest BCUT2D eigenvalue weighted by Crippen LogP contribution is -2.26. The molecule has 0 bridgehead atoms. The van der Waals surface area contributed by atoms with Crippen LogP contribution in [0.2, 0.25) is 0 Å². The summed E-state index contributed by atoms with van der Waals surface area (Å²) in [6, 6.07) is 22.6. The fourth-order valence-electron chi connectivity index (χ4n) is 3.16. The fourth-order valence-corrected chi connectivity index (χ4v) is 3.16. The summed E-state index contributed by atoms with van der Waals surface area (Å²) in [6.45, 7) is 2.36. The number of ether oxygens (including phenoxy) is 4. The maximum absolute atomic E-state index is 6.16. The number of hydrogen-bond acceptors (Lipinski definition) is 4. The molecule has 4 rings (SSSR count). The molecule has 4 heteroatoms. The minimum absolute atomic E-state index is 0.0535. The Morgan fingerprint density at radius 3 is 2.52 bits per heavy atom. The van der Waals surface area contributed by atoms with E-state index in [9.17, 15) is 0 Å². The molecule has 0 aromatic heterocycles. The molecule has 0 saturated carbocycles. The summed E-state index contributed by atoms with van der Waals surface area (Å²) in [4.78, 5) is 0. The van der Waals surface area contributed by atoms with Crippen molar-refractivity contribution in [1.82, 2.24) is 0 Å². The first-order valence-corrected chi connectivity index (χ1v) is 9.24. The maximum atomic E-state index is 6.16. The largest absolute Gasteiger partial charge is 0.497 e. The average Bonchev–Trinajstić information content (AvgIpc) is 3.56. The van der Waals surface area contributed by atoms with Crippen molar-refractivity contribution in [2.75, 3.05) is 20.3 Å². The minimum atomic E-state index is -0.0535. The summed E-state index contributed by atoms with van der Waals surface area (Å²) in [5.74, 6) is 0.849. The lowest BCUT2D eigenvalue weighted by atomic mass is 10.1. The summed E-state index contributed by atoms with van der Waals surface area (Å²) in [6.07, 6.45) is 0.0815. The van der Waals surface area contributed by atoms with E-state index in [2.05, 4.69) is 42.5 Å². The molecule has 1 aliphatic heterocycles. The van der Waals surface area contributed by atoms with Crippen molar-refractivity contribution in [3.8, 4) is 5.75 Å². The molecule has 0 N–H and O–H groups in total. The monoisotopic (exact) mass is 364 g/mol. The van der Waals surface area contributed by atoms with Gasteiger partial charge in [-0.1, -0.05) is 54.6 Å². The minimum Gasteiger partial charge on any atom is -0.497 e. The second-order valence-corrected chi connectivity index (χ2v) is 6.72. The van der Waals surface area contributed by atoms with E-state index >= 15 is 0 Å². The number of fused-ring (bicyclic) bond motifs is 1. The third kappa shape index (κ3) is 4.66. The molecule has 140 valence electrons. The van der Waals surface area contributed by atoms with E-state index in [0.29, 0.717) is 19.8 Å². The Balaban J connectivity index is 1.33. The normalized spacial score (nSPS) is 17.0. The van der Waals surface area contributed by atoms with Gasteiger partial charge in [0.05, 0.1) is 33.5 Å². The van der Waals surface area contributed by atoms with E-state index in [1.54, 1.807) is 7.11 Å². The van der Waals surface area contributed by atoms with Gasteiger partial charge < -0.3 is 18.9 Å². The SMILES string of the molecule is COc1ccc(COC[C@H](OCc2cccc3ccccc23)[C@H]2CO2)cc1. The molecule has 0 unspecified atom stereocenters. The van der Waals surface area contributed by atoms with Gasteiger partial charge in [0.2, 0.25) is 0 Å². The molecule has 1 fully saturated rings. The van der Waals surface area contributed by atoms with Crippen LogP contribution in [0.15, 0.2) is 66.7 Å². The third-order valence-electron chi connectivity index (χ3n) is 4.82. The molecule has 0 radical (unpaired) electrons. The molecule has 0 aliphatic carbocycles. The van der Waals surface area contributed by atoms with Crippen LogP contribution >= 0.6 is 0 Å². The van der Waals surface area contributed by atoms with Gasteiger partial charge in [-0.25, -0.2) is 0 Å². The van der Waals surface area contributed by atoms with Crippen molar-refractivity contribution in [3.05, 3.63) is 77.9 Å². The van der Waals surface area contributed by atoms with Crippen molar-refractivity contribution in [2.24, 2.45) is 0 Å². The molecule has 0 amide bonds. The molecular weight excluding hydrogens is 340 g/mol. The predicted octanol–water partition coefficient (Wildman–Crippen LogP) is 4.35. The van der Waals surface area contributed by atoms with Crippen LogP contribution in [0.3, 0.4) is 0 Å². The van der Waals surface area contributed by atoms with Crippen molar-refractivity contribution in [2.45, 2.75) is 25.4 Å². The lowest BCUT2D eigenvalue weighted by Gasteiger charge is -2.17. The Morgan fingerprint density at radius 2 is 1.74 bits per heavy atom. The summed E-state index contributed by atoms with van der Waals surface area (Å²) in [5.41, 5.74) is 2.30. The first-order valence-electron chi connectivity index (χ1n) is 9.24. The van der Waals surface area contributed by atoms with Crippen LogP contribution in [0.1, 0.15) is 11.1 Å². The van der Waals surface area contributed by atoms with Crippen molar-refractivity contribution >= 4 is 10.8 Å². The molecule has 0 spiro atoms. The molecule has 2 atom stereocenters. The molecule has 1 aliphatic rings. The Hall–Kier alpha value is -2.40. The first-order chi connectivity index (χ1) is 13.3. The lowest BCUT2D eigenvalue weighted by molar-refractivity contribution is -0.0414. The van der Waals surface area contributed by atoms with Crippen molar-refractivity contribution < 1.29 is 18.9 Å². The molecule has 1 saturated heterocycles. The number of rotatable bonds is 9. The topological polar surface area (TPSA) is 40.2 Å². The van der Waals surface area contributed by atoms with E-state index < -0.39 is 0 Å². The zero-order chi connectivity index (χ0) is 18.5. The van der Waals surface area contributed by atoms with Gasteiger partial charge in [-0.05, 0) is 34.0 Å². The smallest absolute Gasteiger partial charge is 0.118 e. The summed E-state index contributed by atoms with van der Waals surface area (Å²) in [5, 5.41) is 2.46. The van der Waals surface area contributed by atoms with Crippen LogP contribution in [0.25, 0.3) is 10.8 Å². The number of benzene rings is 3. The van der Waals surface area contributed by atoms with E-state index in [-0.39, 0.29) is 12.2 Å². The van der Waals surface area contributed by atoms with Crippen LogP contribution in [-0.2, 0) is 27.4 Å². The van der Waals surface area contributed by atoms with Crippen LogP contribution in [-0.4, -0.2) is 32.5 Å². The Bertz CT molecular complexity index is 866.